The van der Waals surface area contributed by atoms with E-state index in [-0.39, 0.29) is 17.5 Å². The van der Waals surface area contributed by atoms with Crippen molar-refractivity contribution in [3.8, 4) is 0 Å². The number of allylic oxidation sites excluding steroid dienone is 3. The Kier molecular flexibility index (Phi) is 2.11. The van der Waals surface area contributed by atoms with Gasteiger partial charge in [0.15, 0.2) is 11.6 Å². The molecular weight excluding hydrogens is 212 g/mol. The second-order valence-corrected chi connectivity index (χ2v) is 4.66. The van der Waals surface area contributed by atoms with Gasteiger partial charge in [0.25, 0.3) is 0 Å². The fourth-order valence-corrected chi connectivity index (χ4v) is 2.50. The highest BCUT2D eigenvalue weighted by atomic mass is 16.1. The van der Waals surface area contributed by atoms with E-state index in [1.165, 1.54) is 17.7 Å². The van der Waals surface area contributed by atoms with E-state index in [1.807, 2.05) is 25.1 Å². The van der Waals surface area contributed by atoms with Crippen molar-refractivity contribution in [1.82, 2.24) is 0 Å². The van der Waals surface area contributed by atoms with E-state index < -0.39 is 0 Å². The molecule has 1 unspecified atom stereocenters. The molecule has 2 aliphatic carbocycles. The first-order valence-corrected chi connectivity index (χ1v) is 5.72. The van der Waals surface area contributed by atoms with Crippen molar-refractivity contribution in [2.45, 2.75) is 13.3 Å². The minimum absolute atomic E-state index is 0.0262. The number of fused-ring (bicyclic) bond motifs is 2. The molecule has 0 N–H and O–H groups in total. The molecule has 0 saturated carbocycles. The van der Waals surface area contributed by atoms with Crippen molar-refractivity contribution in [3.63, 3.8) is 0 Å². The third-order valence-electron chi connectivity index (χ3n) is 3.44. The van der Waals surface area contributed by atoms with Crippen LogP contribution in [0.3, 0.4) is 0 Å². The first-order valence-electron chi connectivity index (χ1n) is 5.72. The maximum Gasteiger partial charge on any atom is 0.182 e. The molecule has 0 radical (unpaired) electrons. The van der Waals surface area contributed by atoms with Crippen LogP contribution in [0.1, 0.15) is 16.7 Å². The average molecular weight is 224 g/mol. The van der Waals surface area contributed by atoms with Gasteiger partial charge < -0.3 is 0 Å². The molecule has 0 aliphatic heterocycles. The highest BCUT2D eigenvalue weighted by molar-refractivity contribution is 6.18. The average Bonchev–Trinajstić information content (AvgIpc) is 2.32. The maximum absolute atomic E-state index is 11.8. The summed E-state index contributed by atoms with van der Waals surface area (Å²) in [5, 5.41) is 0. The molecule has 0 saturated heterocycles. The van der Waals surface area contributed by atoms with E-state index in [9.17, 15) is 9.59 Å². The van der Waals surface area contributed by atoms with Gasteiger partial charge in [0, 0.05) is 5.57 Å². The molecule has 17 heavy (non-hydrogen) atoms. The van der Waals surface area contributed by atoms with Gasteiger partial charge >= 0.3 is 0 Å². The van der Waals surface area contributed by atoms with Crippen LogP contribution in [0, 0.1) is 12.8 Å². The van der Waals surface area contributed by atoms with Crippen LogP contribution in [0.4, 0.5) is 0 Å². The van der Waals surface area contributed by atoms with E-state index in [2.05, 4.69) is 6.07 Å². The summed E-state index contributed by atoms with van der Waals surface area (Å²) >= 11 is 0. The monoisotopic (exact) mass is 224 g/mol. The molecular formula is C15H12O2. The Morgan fingerprint density at radius 3 is 2.82 bits per heavy atom. The highest BCUT2D eigenvalue weighted by Crippen LogP contribution is 2.32. The molecule has 0 fully saturated rings. The summed E-state index contributed by atoms with van der Waals surface area (Å²) in [7, 11) is 0. The highest BCUT2D eigenvalue weighted by Gasteiger charge is 2.32. The molecule has 84 valence electrons. The molecule has 0 amide bonds. The number of carbonyl (C=O) groups excluding carboxylic acids is 2. The quantitative estimate of drug-likeness (QED) is 0.677. The zero-order valence-electron chi connectivity index (χ0n) is 9.57. The van der Waals surface area contributed by atoms with E-state index in [1.54, 1.807) is 0 Å². The lowest BCUT2D eigenvalue weighted by Gasteiger charge is -2.25. The van der Waals surface area contributed by atoms with E-state index in [4.69, 9.17) is 0 Å². The smallest absolute Gasteiger partial charge is 0.182 e. The Balaban J connectivity index is 2.17. The Bertz CT molecular complexity index is 591. The van der Waals surface area contributed by atoms with Crippen LogP contribution in [0.15, 0.2) is 35.9 Å². The molecule has 3 rings (SSSR count). The van der Waals surface area contributed by atoms with Crippen molar-refractivity contribution in [2.24, 2.45) is 5.92 Å². The number of hydrogen-bond acceptors (Lipinski definition) is 2. The molecule has 1 aromatic rings. The Morgan fingerprint density at radius 2 is 2.00 bits per heavy atom. The fraction of sp³-hybridized carbons (Fsp3) is 0.200. The molecule has 0 spiro atoms. The van der Waals surface area contributed by atoms with Crippen molar-refractivity contribution in [3.05, 3.63) is 52.6 Å². The number of hydrogen-bond donors (Lipinski definition) is 0. The topological polar surface area (TPSA) is 34.1 Å². The summed E-state index contributed by atoms with van der Waals surface area (Å²) in [6.45, 7) is 2.03. The van der Waals surface area contributed by atoms with E-state index in [0.717, 1.165) is 11.1 Å². The molecule has 0 heterocycles. The van der Waals surface area contributed by atoms with Crippen LogP contribution in [-0.4, -0.2) is 11.6 Å². The molecule has 2 aliphatic rings. The van der Waals surface area contributed by atoms with Gasteiger partial charge in [-0.3, -0.25) is 9.59 Å². The van der Waals surface area contributed by atoms with Crippen LogP contribution in [0.5, 0.6) is 0 Å². The first-order chi connectivity index (χ1) is 8.15. The lowest BCUT2D eigenvalue weighted by Crippen LogP contribution is -2.28. The minimum atomic E-state index is -0.261. The Morgan fingerprint density at radius 1 is 1.18 bits per heavy atom. The number of aryl methyl sites for hydroxylation is 1. The molecule has 2 nitrogen and oxygen atoms in total. The van der Waals surface area contributed by atoms with Crippen molar-refractivity contribution in [2.75, 3.05) is 0 Å². The normalized spacial score (nSPS) is 21.9. The zero-order chi connectivity index (χ0) is 12.0. The summed E-state index contributed by atoms with van der Waals surface area (Å²) in [5.74, 6) is -0.244. The summed E-state index contributed by atoms with van der Waals surface area (Å²) < 4.78 is 0. The third-order valence-corrected chi connectivity index (χ3v) is 3.44. The van der Waals surface area contributed by atoms with Crippen molar-refractivity contribution >= 4 is 17.6 Å². The van der Waals surface area contributed by atoms with Gasteiger partial charge in [-0.05, 0) is 42.7 Å². The summed E-state index contributed by atoms with van der Waals surface area (Å²) in [5.41, 5.74) is 4.05. The zero-order valence-corrected chi connectivity index (χ0v) is 9.57. The molecule has 1 aromatic carbocycles. The van der Waals surface area contributed by atoms with Gasteiger partial charge in [0.2, 0.25) is 0 Å². The number of rotatable bonds is 0. The first kappa shape index (κ1) is 10.2. The van der Waals surface area contributed by atoms with Gasteiger partial charge in [-0.15, -0.1) is 0 Å². The van der Waals surface area contributed by atoms with Crippen LogP contribution in [0.25, 0.3) is 6.08 Å². The van der Waals surface area contributed by atoms with E-state index in [0.29, 0.717) is 12.0 Å². The van der Waals surface area contributed by atoms with E-state index >= 15 is 0 Å². The van der Waals surface area contributed by atoms with Gasteiger partial charge in [-0.2, -0.15) is 0 Å². The Labute approximate surface area is 99.6 Å². The fourth-order valence-electron chi connectivity index (χ4n) is 2.50. The predicted octanol–water partition coefficient (Wildman–Crippen LogP) is 2.26. The predicted molar refractivity (Wildman–Crippen MR) is 65.5 cm³/mol. The second kappa shape index (κ2) is 3.52. The van der Waals surface area contributed by atoms with Crippen LogP contribution in [0.2, 0.25) is 0 Å². The maximum atomic E-state index is 11.8. The molecule has 0 bridgehead atoms. The minimum Gasteiger partial charge on any atom is -0.294 e. The summed E-state index contributed by atoms with van der Waals surface area (Å²) in [4.78, 5) is 23.5. The van der Waals surface area contributed by atoms with Crippen molar-refractivity contribution in [1.29, 1.82) is 0 Å². The second-order valence-electron chi connectivity index (χ2n) is 4.66. The van der Waals surface area contributed by atoms with Gasteiger partial charge in [-0.1, -0.05) is 23.8 Å². The lowest BCUT2D eigenvalue weighted by atomic mass is 9.76. The van der Waals surface area contributed by atoms with Crippen molar-refractivity contribution < 1.29 is 9.59 Å². The lowest BCUT2D eigenvalue weighted by molar-refractivity contribution is -0.121. The number of benzene rings is 1. The Hall–Kier alpha value is -1.96. The van der Waals surface area contributed by atoms with Gasteiger partial charge in [0.05, 0.1) is 5.92 Å². The number of ketones is 2. The standard InChI is InChI=1S/C15H12O2/c1-9-2-3-10-7-12-13(8-11(10)6-9)15(17)5-4-14(12)16/h2-6,8,12H,7H2,1H3. The summed E-state index contributed by atoms with van der Waals surface area (Å²) in [6, 6.07) is 6.16. The number of carbonyl (C=O) groups is 2. The van der Waals surface area contributed by atoms with Crippen LogP contribution < -0.4 is 0 Å². The SMILES string of the molecule is Cc1ccc2c(c1)C=C1C(=O)C=CC(=O)C1C2. The largest absolute Gasteiger partial charge is 0.294 e. The van der Waals surface area contributed by atoms with Gasteiger partial charge in [0.1, 0.15) is 0 Å². The third kappa shape index (κ3) is 1.57. The van der Waals surface area contributed by atoms with Crippen LogP contribution >= 0.6 is 0 Å². The van der Waals surface area contributed by atoms with Gasteiger partial charge in [-0.25, -0.2) is 0 Å². The molecule has 2 heteroatoms. The van der Waals surface area contributed by atoms with Crippen LogP contribution in [-0.2, 0) is 16.0 Å². The molecule has 0 aromatic heterocycles. The summed E-state index contributed by atoms with van der Waals surface area (Å²) in [6.07, 6.45) is 5.31. The molecule has 1 atom stereocenters.